The van der Waals surface area contributed by atoms with Crippen LogP contribution in [0.3, 0.4) is 0 Å². The van der Waals surface area contributed by atoms with Gasteiger partial charge in [-0.2, -0.15) is 0 Å². The molecule has 1 aliphatic heterocycles. The SMILES string of the molecule is NCC1(NC(=O)C2CCCCO2)CC1. The Bertz CT molecular complexity index is 220. The van der Waals surface area contributed by atoms with E-state index in [1.54, 1.807) is 0 Å². The molecule has 1 amide bonds. The second-order valence-electron chi connectivity index (χ2n) is 4.33. The molecular formula is C10H18N2O2. The molecule has 1 saturated carbocycles. The van der Waals surface area contributed by atoms with E-state index in [1.165, 1.54) is 0 Å². The summed E-state index contributed by atoms with van der Waals surface area (Å²) >= 11 is 0. The molecule has 0 aromatic carbocycles. The second-order valence-corrected chi connectivity index (χ2v) is 4.33. The lowest BCUT2D eigenvalue weighted by molar-refractivity contribution is -0.136. The van der Waals surface area contributed by atoms with Crippen molar-refractivity contribution < 1.29 is 9.53 Å². The number of nitrogens with two attached hydrogens (primary N) is 1. The molecule has 1 saturated heterocycles. The normalized spacial score (nSPS) is 29.6. The Morgan fingerprint density at radius 3 is 2.79 bits per heavy atom. The molecule has 3 N–H and O–H groups in total. The summed E-state index contributed by atoms with van der Waals surface area (Å²) in [5.41, 5.74) is 5.51. The van der Waals surface area contributed by atoms with E-state index >= 15 is 0 Å². The van der Waals surface area contributed by atoms with Gasteiger partial charge < -0.3 is 15.8 Å². The highest BCUT2D eigenvalue weighted by atomic mass is 16.5. The zero-order valence-electron chi connectivity index (χ0n) is 8.42. The number of hydrogen-bond donors (Lipinski definition) is 2. The van der Waals surface area contributed by atoms with Gasteiger partial charge >= 0.3 is 0 Å². The maximum atomic E-state index is 11.7. The summed E-state index contributed by atoms with van der Waals surface area (Å²) in [6, 6.07) is 0. The van der Waals surface area contributed by atoms with Gasteiger partial charge in [0.05, 0.1) is 5.54 Å². The van der Waals surface area contributed by atoms with Gasteiger partial charge in [0.2, 0.25) is 5.91 Å². The fourth-order valence-electron chi connectivity index (χ4n) is 1.82. The molecule has 80 valence electrons. The average molecular weight is 198 g/mol. The van der Waals surface area contributed by atoms with E-state index in [2.05, 4.69) is 5.32 Å². The van der Waals surface area contributed by atoms with Crippen molar-refractivity contribution in [3.8, 4) is 0 Å². The highest BCUT2D eigenvalue weighted by Crippen LogP contribution is 2.34. The largest absolute Gasteiger partial charge is 0.368 e. The standard InChI is InChI=1S/C10H18N2O2/c11-7-10(4-5-10)12-9(13)8-3-1-2-6-14-8/h8H,1-7,11H2,(H,12,13). The van der Waals surface area contributed by atoms with Crippen molar-refractivity contribution in [3.05, 3.63) is 0 Å². The predicted molar refractivity (Wildman–Crippen MR) is 52.8 cm³/mol. The summed E-state index contributed by atoms with van der Waals surface area (Å²) in [6.07, 6.45) is 4.82. The third-order valence-electron chi connectivity index (χ3n) is 3.10. The van der Waals surface area contributed by atoms with Crippen LogP contribution in [0.25, 0.3) is 0 Å². The number of nitrogens with one attached hydrogen (secondary N) is 1. The van der Waals surface area contributed by atoms with Crippen molar-refractivity contribution in [1.82, 2.24) is 5.32 Å². The minimum absolute atomic E-state index is 0.0349. The van der Waals surface area contributed by atoms with Gasteiger partial charge in [0.25, 0.3) is 0 Å². The smallest absolute Gasteiger partial charge is 0.249 e. The maximum absolute atomic E-state index is 11.7. The molecule has 4 heteroatoms. The molecule has 2 rings (SSSR count). The fraction of sp³-hybridized carbons (Fsp3) is 0.900. The Kier molecular flexibility index (Phi) is 2.74. The number of hydrogen-bond acceptors (Lipinski definition) is 3. The van der Waals surface area contributed by atoms with E-state index < -0.39 is 0 Å². The summed E-state index contributed by atoms with van der Waals surface area (Å²) in [4.78, 5) is 11.7. The minimum atomic E-state index is -0.229. The first-order valence-electron chi connectivity index (χ1n) is 5.39. The second kappa shape index (κ2) is 3.87. The van der Waals surface area contributed by atoms with Gasteiger partial charge in [-0.25, -0.2) is 0 Å². The lowest BCUT2D eigenvalue weighted by atomic mass is 10.1. The molecule has 1 aliphatic carbocycles. The number of carbonyl (C=O) groups excluding carboxylic acids is 1. The molecule has 1 atom stereocenters. The minimum Gasteiger partial charge on any atom is -0.368 e. The van der Waals surface area contributed by atoms with Crippen molar-refractivity contribution in [2.75, 3.05) is 13.2 Å². The Hall–Kier alpha value is -0.610. The monoisotopic (exact) mass is 198 g/mol. The molecule has 2 aliphatic rings. The quantitative estimate of drug-likeness (QED) is 0.679. The Labute approximate surface area is 84.2 Å². The van der Waals surface area contributed by atoms with Gasteiger partial charge in [-0.3, -0.25) is 4.79 Å². The summed E-state index contributed by atoms with van der Waals surface area (Å²) in [7, 11) is 0. The van der Waals surface area contributed by atoms with Crippen molar-refractivity contribution in [3.63, 3.8) is 0 Å². The first-order chi connectivity index (χ1) is 6.76. The maximum Gasteiger partial charge on any atom is 0.249 e. The molecule has 0 spiro atoms. The van der Waals surface area contributed by atoms with Crippen LogP contribution in [0, 0.1) is 0 Å². The summed E-state index contributed by atoms with van der Waals surface area (Å²) in [5, 5.41) is 3.00. The Morgan fingerprint density at radius 1 is 1.50 bits per heavy atom. The third kappa shape index (κ3) is 2.07. The summed E-state index contributed by atoms with van der Waals surface area (Å²) < 4.78 is 5.41. The van der Waals surface area contributed by atoms with Crippen molar-refractivity contribution in [2.45, 2.75) is 43.7 Å². The van der Waals surface area contributed by atoms with Gasteiger partial charge in [-0.15, -0.1) is 0 Å². The highest BCUT2D eigenvalue weighted by molar-refractivity contribution is 5.82. The molecule has 0 aromatic heterocycles. The zero-order valence-corrected chi connectivity index (χ0v) is 8.42. The van der Waals surface area contributed by atoms with Gasteiger partial charge in [0, 0.05) is 13.2 Å². The number of rotatable bonds is 3. The van der Waals surface area contributed by atoms with E-state index in [-0.39, 0.29) is 17.6 Å². The van der Waals surface area contributed by atoms with Crippen LogP contribution in [0.2, 0.25) is 0 Å². The van der Waals surface area contributed by atoms with Crippen molar-refractivity contribution in [2.24, 2.45) is 5.73 Å². The lowest BCUT2D eigenvalue weighted by Crippen LogP contribution is -2.48. The van der Waals surface area contributed by atoms with Crippen LogP contribution in [-0.4, -0.2) is 30.7 Å². The molecule has 2 fully saturated rings. The molecule has 1 unspecified atom stereocenters. The first-order valence-corrected chi connectivity index (χ1v) is 5.39. The molecule has 4 nitrogen and oxygen atoms in total. The van der Waals surface area contributed by atoms with Crippen LogP contribution < -0.4 is 11.1 Å². The topological polar surface area (TPSA) is 64.3 Å². The number of amides is 1. The lowest BCUT2D eigenvalue weighted by Gasteiger charge is -2.24. The van der Waals surface area contributed by atoms with E-state index in [1.807, 2.05) is 0 Å². The van der Waals surface area contributed by atoms with Gasteiger partial charge in [0.15, 0.2) is 0 Å². The highest BCUT2D eigenvalue weighted by Gasteiger charge is 2.43. The predicted octanol–water partition coefficient (Wildman–Crippen LogP) is 0.163. The fourth-order valence-corrected chi connectivity index (χ4v) is 1.82. The molecule has 14 heavy (non-hydrogen) atoms. The van der Waals surface area contributed by atoms with E-state index in [0.717, 1.165) is 32.1 Å². The molecule has 1 heterocycles. The van der Waals surface area contributed by atoms with Gasteiger partial charge in [-0.05, 0) is 32.1 Å². The summed E-state index contributed by atoms with van der Waals surface area (Å²) in [5.74, 6) is 0.0349. The van der Waals surface area contributed by atoms with E-state index in [9.17, 15) is 4.79 Å². The molecule has 0 radical (unpaired) electrons. The Morgan fingerprint density at radius 2 is 2.29 bits per heavy atom. The first kappa shape index (κ1) is 9.93. The number of carbonyl (C=O) groups is 1. The summed E-state index contributed by atoms with van der Waals surface area (Å²) in [6.45, 7) is 1.26. The average Bonchev–Trinajstić information content (AvgIpc) is 3.00. The van der Waals surface area contributed by atoms with Crippen molar-refractivity contribution >= 4 is 5.91 Å². The van der Waals surface area contributed by atoms with Gasteiger partial charge in [0.1, 0.15) is 6.10 Å². The van der Waals surface area contributed by atoms with Crippen LogP contribution >= 0.6 is 0 Å². The van der Waals surface area contributed by atoms with Crippen molar-refractivity contribution in [1.29, 1.82) is 0 Å². The number of ether oxygens (including phenoxy) is 1. The van der Waals surface area contributed by atoms with Crippen LogP contribution in [0.4, 0.5) is 0 Å². The molecular weight excluding hydrogens is 180 g/mol. The van der Waals surface area contributed by atoms with Crippen LogP contribution in [-0.2, 0) is 9.53 Å². The van der Waals surface area contributed by atoms with Gasteiger partial charge in [-0.1, -0.05) is 0 Å². The zero-order chi connectivity index (χ0) is 10.0. The third-order valence-corrected chi connectivity index (χ3v) is 3.10. The molecule has 0 bridgehead atoms. The molecule has 0 aromatic rings. The Balaban J connectivity index is 1.82. The van der Waals surface area contributed by atoms with E-state index in [4.69, 9.17) is 10.5 Å². The van der Waals surface area contributed by atoms with E-state index in [0.29, 0.717) is 13.2 Å². The van der Waals surface area contributed by atoms with Crippen LogP contribution in [0.5, 0.6) is 0 Å². The van der Waals surface area contributed by atoms with Crippen LogP contribution in [0.1, 0.15) is 32.1 Å². The van der Waals surface area contributed by atoms with Crippen LogP contribution in [0.15, 0.2) is 0 Å².